The van der Waals surface area contributed by atoms with E-state index in [1.54, 1.807) is 0 Å². The van der Waals surface area contributed by atoms with Gasteiger partial charge in [0.2, 0.25) is 5.82 Å². The molecule has 1 aliphatic heterocycles. The van der Waals surface area contributed by atoms with Crippen molar-refractivity contribution in [3.05, 3.63) is 11.9 Å². The lowest BCUT2D eigenvalue weighted by Crippen LogP contribution is -2.47. The van der Waals surface area contributed by atoms with Crippen molar-refractivity contribution < 1.29 is 13.2 Å². The van der Waals surface area contributed by atoms with Crippen LogP contribution in [0.2, 0.25) is 0 Å². The highest BCUT2D eigenvalue weighted by atomic mass is 19.4. The van der Waals surface area contributed by atoms with Crippen LogP contribution in [-0.4, -0.2) is 47.6 Å². The predicted octanol–water partition coefficient (Wildman–Crippen LogP) is 1.31. The number of hydrazine groups is 1. The number of anilines is 2. The van der Waals surface area contributed by atoms with Gasteiger partial charge < -0.3 is 10.3 Å². The van der Waals surface area contributed by atoms with Gasteiger partial charge in [0.15, 0.2) is 0 Å². The zero-order valence-electron chi connectivity index (χ0n) is 11.8. The second-order valence-corrected chi connectivity index (χ2v) is 4.91. The molecule has 1 saturated heterocycles. The van der Waals surface area contributed by atoms with Crippen LogP contribution in [-0.2, 0) is 6.18 Å². The largest absolute Gasteiger partial charge is 0.451 e. The van der Waals surface area contributed by atoms with Gasteiger partial charge in [-0.05, 0) is 13.0 Å². The number of rotatable bonds is 4. The molecule has 0 aliphatic carbocycles. The van der Waals surface area contributed by atoms with Gasteiger partial charge in [-0.15, -0.1) is 0 Å². The van der Waals surface area contributed by atoms with E-state index in [4.69, 9.17) is 5.84 Å². The van der Waals surface area contributed by atoms with Crippen molar-refractivity contribution in [1.29, 1.82) is 0 Å². The molecule has 0 spiro atoms. The molecular weight excluding hydrogens is 285 g/mol. The first-order valence-electron chi connectivity index (χ1n) is 6.84. The summed E-state index contributed by atoms with van der Waals surface area (Å²) in [6.45, 7) is 6.00. The number of hydrogen-bond donors (Lipinski definition) is 2. The van der Waals surface area contributed by atoms with Crippen LogP contribution in [0, 0.1) is 0 Å². The molecule has 0 bridgehead atoms. The summed E-state index contributed by atoms with van der Waals surface area (Å²) >= 11 is 0. The fourth-order valence-electron chi connectivity index (χ4n) is 2.31. The highest BCUT2D eigenvalue weighted by molar-refractivity contribution is 5.49. The van der Waals surface area contributed by atoms with E-state index in [9.17, 15) is 13.2 Å². The third-order valence-electron chi connectivity index (χ3n) is 3.35. The Balaban J connectivity index is 2.16. The second kappa shape index (κ2) is 6.44. The van der Waals surface area contributed by atoms with Crippen LogP contribution in [0.25, 0.3) is 0 Å². The second-order valence-electron chi connectivity index (χ2n) is 4.91. The third kappa shape index (κ3) is 3.94. The molecule has 1 fully saturated rings. The zero-order chi connectivity index (χ0) is 15.5. The number of halogens is 3. The maximum Gasteiger partial charge on any atom is 0.451 e. The summed E-state index contributed by atoms with van der Waals surface area (Å²) in [4.78, 5) is 11.1. The first-order chi connectivity index (χ1) is 9.94. The maximum atomic E-state index is 12.8. The quantitative estimate of drug-likeness (QED) is 0.646. The summed E-state index contributed by atoms with van der Waals surface area (Å²) in [5.74, 6) is 4.22. The zero-order valence-corrected chi connectivity index (χ0v) is 11.8. The molecule has 2 heterocycles. The summed E-state index contributed by atoms with van der Waals surface area (Å²) in [6, 6.07) is 1.44. The fraction of sp³-hybridized carbons (Fsp3) is 0.667. The molecule has 3 N–H and O–H groups in total. The van der Waals surface area contributed by atoms with E-state index in [1.165, 1.54) is 6.07 Å². The van der Waals surface area contributed by atoms with Gasteiger partial charge in [0.25, 0.3) is 0 Å². The molecule has 0 radical (unpaired) electrons. The van der Waals surface area contributed by atoms with Gasteiger partial charge in [0, 0.05) is 32.2 Å². The molecule has 0 unspecified atom stereocenters. The number of nitrogens with two attached hydrogens (primary N) is 1. The Labute approximate surface area is 121 Å². The number of hydrogen-bond acceptors (Lipinski definition) is 6. The van der Waals surface area contributed by atoms with Crippen molar-refractivity contribution in [1.82, 2.24) is 14.9 Å². The minimum Gasteiger partial charge on any atom is -0.354 e. The Bertz CT molecular complexity index is 471. The smallest absolute Gasteiger partial charge is 0.354 e. The Hall–Kier alpha value is -1.61. The molecular formula is C12H19F3N6. The molecule has 21 heavy (non-hydrogen) atoms. The molecule has 1 aromatic heterocycles. The van der Waals surface area contributed by atoms with Gasteiger partial charge in [-0.3, -0.25) is 4.90 Å². The number of nitrogens with one attached hydrogen (secondary N) is 1. The molecule has 2 rings (SSSR count). The van der Waals surface area contributed by atoms with E-state index in [0.717, 1.165) is 26.1 Å². The number of alkyl halides is 3. The Morgan fingerprint density at radius 1 is 1.24 bits per heavy atom. The first-order valence-corrected chi connectivity index (χ1v) is 6.84. The third-order valence-corrected chi connectivity index (χ3v) is 3.35. The predicted molar refractivity (Wildman–Crippen MR) is 73.8 cm³/mol. The summed E-state index contributed by atoms with van der Waals surface area (Å²) in [7, 11) is 0. The van der Waals surface area contributed by atoms with Crippen molar-refractivity contribution >= 4 is 11.6 Å². The minimum atomic E-state index is -4.59. The Morgan fingerprint density at radius 2 is 1.90 bits per heavy atom. The van der Waals surface area contributed by atoms with Gasteiger partial charge in [-0.25, -0.2) is 15.8 Å². The maximum absolute atomic E-state index is 12.8. The topological polar surface area (TPSA) is 70.3 Å². The SMILES string of the molecule is CCCN1CCN(c2cc(NN)nc(C(F)(F)F)n2)CC1. The van der Waals surface area contributed by atoms with E-state index in [2.05, 4.69) is 27.2 Å². The number of nitrogen functional groups attached to an aromatic ring is 1. The fourth-order valence-corrected chi connectivity index (χ4v) is 2.31. The van der Waals surface area contributed by atoms with Crippen molar-refractivity contribution in [3.63, 3.8) is 0 Å². The van der Waals surface area contributed by atoms with E-state index in [0.29, 0.717) is 13.1 Å². The Kier molecular flexibility index (Phi) is 4.84. The lowest BCUT2D eigenvalue weighted by Gasteiger charge is -2.35. The molecule has 0 atom stereocenters. The lowest BCUT2D eigenvalue weighted by molar-refractivity contribution is -0.144. The normalized spacial score (nSPS) is 17.1. The number of aromatic nitrogens is 2. The molecule has 118 valence electrons. The van der Waals surface area contributed by atoms with Gasteiger partial charge >= 0.3 is 6.18 Å². The van der Waals surface area contributed by atoms with Crippen LogP contribution < -0.4 is 16.2 Å². The molecule has 6 nitrogen and oxygen atoms in total. The average molecular weight is 304 g/mol. The first kappa shape index (κ1) is 15.8. The van der Waals surface area contributed by atoms with E-state index in [1.807, 2.05) is 4.90 Å². The highest BCUT2D eigenvalue weighted by Gasteiger charge is 2.36. The van der Waals surface area contributed by atoms with Crippen LogP contribution >= 0.6 is 0 Å². The van der Waals surface area contributed by atoms with Gasteiger partial charge in [0.1, 0.15) is 11.6 Å². The van der Waals surface area contributed by atoms with Crippen molar-refractivity contribution in [2.24, 2.45) is 5.84 Å². The Morgan fingerprint density at radius 3 is 2.43 bits per heavy atom. The molecule has 0 amide bonds. The van der Waals surface area contributed by atoms with Crippen LogP contribution in [0.3, 0.4) is 0 Å². The number of nitrogens with zero attached hydrogens (tertiary/aromatic N) is 4. The molecule has 0 aromatic carbocycles. The standard InChI is InChI=1S/C12H19F3N6/c1-2-3-20-4-6-21(7-5-20)10-8-9(19-16)17-11(18-10)12(13,14)15/h8H,2-7,16H2,1H3,(H,17,18,19). The minimum absolute atomic E-state index is 0.0386. The van der Waals surface area contributed by atoms with E-state index >= 15 is 0 Å². The summed E-state index contributed by atoms with van der Waals surface area (Å²) in [5.41, 5.74) is 2.16. The summed E-state index contributed by atoms with van der Waals surface area (Å²) < 4.78 is 38.4. The highest BCUT2D eigenvalue weighted by Crippen LogP contribution is 2.29. The van der Waals surface area contributed by atoms with Gasteiger partial charge in [-0.1, -0.05) is 6.92 Å². The van der Waals surface area contributed by atoms with Gasteiger partial charge in [0.05, 0.1) is 0 Å². The van der Waals surface area contributed by atoms with Crippen LogP contribution in [0.1, 0.15) is 19.2 Å². The van der Waals surface area contributed by atoms with Crippen LogP contribution in [0.5, 0.6) is 0 Å². The molecule has 1 aromatic rings. The molecule has 1 aliphatic rings. The summed E-state index contributed by atoms with van der Waals surface area (Å²) in [5, 5.41) is 0. The van der Waals surface area contributed by atoms with E-state index < -0.39 is 12.0 Å². The van der Waals surface area contributed by atoms with Crippen LogP contribution in [0.15, 0.2) is 6.07 Å². The summed E-state index contributed by atoms with van der Waals surface area (Å²) in [6.07, 6.45) is -3.53. The lowest BCUT2D eigenvalue weighted by atomic mass is 10.3. The van der Waals surface area contributed by atoms with Crippen molar-refractivity contribution in [3.8, 4) is 0 Å². The van der Waals surface area contributed by atoms with Crippen molar-refractivity contribution in [2.45, 2.75) is 19.5 Å². The molecule has 9 heteroatoms. The average Bonchev–Trinajstić information content (AvgIpc) is 2.47. The van der Waals surface area contributed by atoms with E-state index in [-0.39, 0.29) is 11.6 Å². The van der Waals surface area contributed by atoms with Gasteiger partial charge in [-0.2, -0.15) is 13.2 Å². The monoisotopic (exact) mass is 304 g/mol. The number of piperazine rings is 1. The van der Waals surface area contributed by atoms with Crippen LogP contribution in [0.4, 0.5) is 24.8 Å². The molecule has 0 saturated carbocycles. The van der Waals surface area contributed by atoms with Crippen molar-refractivity contribution in [2.75, 3.05) is 43.0 Å².